The molecule has 2 aromatic carbocycles. The van der Waals surface area contributed by atoms with Crippen LogP contribution in [0.5, 0.6) is 0 Å². The van der Waals surface area contributed by atoms with Crippen LogP contribution >= 0.6 is 0 Å². The highest BCUT2D eigenvalue weighted by Crippen LogP contribution is 2.20. The van der Waals surface area contributed by atoms with Gasteiger partial charge in [-0.1, -0.05) is 19.9 Å². The van der Waals surface area contributed by atoms with Crippen LogP contribution in [0.3, 0.4) is 0 Å². The summed E-state index contributed by atoms with van der Waals surface area (Å²) in [5.74, 6) is 0.0778. The second-order valence-corrected chi connectivity index (χ2v) is 8.30. The highest BCUT2D eigenvalue weighted by Gasteiger charge is 2.15. The van der Waals surface area contributed by atoms with E-state index in [9.17, 15) is 18.0 Å². The fraction of sp³-hybridized carbons (Fsp3) is 0.263. The molecule has 2 rings (SSSR count). The van der Waals surface area contributed by atoms with Crippen molar-refractivity contribution in [1.82, 2.24) is 5.32 Å². The number of hydrogen-bond acceptors (Lipinski definition) is 4. The largest absolute Gasteiger partial charge is 0.338 e. The van der Waals surface area contributed by atoms with Crippen LogP contribution < -0.4 is 20.7 Å². The molecule has 0 saturated carbocycles. The Kier molecular flexibility index (Phi) is 7.00. The summed E-state index contributed by atoms with van der Waals surface area (Å²) in [6.07, 6.45) is 0. The van der Waals surface area contributed by atoms with Crippen molar-refractivity contribution in [2.75, 3.05) is 21.9 Å². The van der Waals surface area contributed by atoms with Crippen molar-refractivity contribution in [3.05, 3.63) is 48.5 Å². The third-order valence-electron chi connectivity index (χ3n) is 3.53. The highest BCUT2D eigenvalue weighted by molar-refractivity contribution is 7.92. The molecule has 0 aromatic heterocycles. The molecule has 4 N–H and O–H groups in total. The van der Waals surface area contributed by atoms with E-state index in [1.165, 1.54) is 37.3 Å². The Morgan fingerprint density at radius 2 is 1.57 bits per heavy atom. The van der Waals surface area contributed by atoms with Gasteiger partial charge in [0.15, 0.2) is 0 Å². The van der Waals surface area contributed by atoms with Gasteiger partial charge in [-0.15, -0.1) is 0 Å². The number of nitrogens with one attached hydrogen (secondary N) is 4. The SMILES string of the molecule is CC(=O)Nc1cccc(NS(=O)(=O)c2ccc(NC(=O)NCC(C)C)cc2)c1. The molecule has 9 heteroatoms. The van der Waals surface area contributed by atoms with Gasteiger partial charge >= 0.3 is 6.03 Å². The van der Waals surface area contributed by atoms with Crippen LogP contribution in [0.2, 0.25) is 0 Å². The van der Waals surface area contributed by atoms with Crippen molar-refractivity contribution in [3.63, 3.8) is 0 Å². The van der Waals surface area contributed by atoms with Crippen LogP contribution in [0.1, 0.15) is 20.8 Å². The van der Waals surface area contributed by atoms with E-state index in [0.29, 0.717) is 29.5 Å². The minimum atomic E-state index is -3.82. The molecular formula is C19H24N4O4S. The van der Waals surface area contributed by atoms with Gasteiger partial charge in [-0.3, -0.25) is 9.52 Å². The summed E-state index contributed by atoms with van der Waals surface area (Å²) in [6.45, 7) is 5.88. The van der Waals surface area contributed by atoms with E-state index >= 15 is 0 Å². The topological polar surface area (TPSA) is 116 Å². The van der Waals surface area contributed by atoms with Gasteiger partial charge in [0, 0.05) is 24.8 Å². The zero-order chi connectivity index (χ0) is 20.7. The van der Waals surface area contributed by atoms with Crippen LogP contribution in [-0.4, -0.2) is 26.9 Å². The lowest BCUT2D eigenvalue weighted by molar-refractivity contribution is -0.114. The van der Waals surface area contributed by atoms with E-state index < -0.39 is 10.0 Å². The minimum absolute atomic E-state index is 0.0468. The maximum absolute atomic E-state index is 12.5. The van der Waals surface area contributed by atoms with Crippen LogP contribution in [0.15, 0.2) is 53.4 Å². The van der Waals surface area contributed by atoms with E-state index in [-0.39, 0.29) is 16.8 Å². The Labute approximate surface area is 164 Å². The highest BCUT2D eigenvalue weighted by atomic mass is 32.2. The maximum Gasteiger partial charge on any atom is 0.319 e. The van der Waals surface area contributed by atoms with Crippen molar-refractivity contribution < 1.29 is 18.0 Å². The molecule has 0 aliphatic heterocycles. The molecule has 0 heterocycles. The normalized spacial score (nSPS) is 11.0. The Morgan fingerprint density at radius 1 is 0.929 bits per heavy atom. The van der Waals surface area contributed by atoms with Crippen LogP contribution in [0.4, 0.5) is 21.9 Å². The van der Waals surface area contributed by atoms with Gasteiger partial charge in [-0.25, -0.2) is 13.2 Å². The Hall–Kier alpha value is -3.07. The Bertz CT molecular complexity index is 941. The molecular weight excluding hydrogens is 380 g/mol. The predicted octanol–water partition coefficient (Wildman–Crippen LogP) is 3.22. The quantitative estimate of drug-likeness (QED) is 0.567. The minimum Gasteiger partial charge on any atom is -0.338 e. The summed E-state index contributed by atoms with van der Waals surface area (Å²) in [4.78, 5) is 22.9. The third-order valence-corrected chi connectivity index (χ3v) is 4.93. The fourth-order valence-electron chi connectivity index (χ4n) is 2.27. The third kappa shape index (κ3) is 6.58. The van der Waals surface area contributed by atoms with Crippen molar-refractivity contribution >= 4 is 39.0 Å². The molecule has 0 spiro atoms. The zero-order valence-electron chi connectivity index (χ0n) is 15.9. The molecule has 0 unspecified atom stereocenters. The molecule has 2 aromatic rings. The van der Waals surface area contributed by atoms with Crippen molar-refractivity contribution in [2.24, 2.45) is 5.92 Å². The summed E-state index contributed by atoms with van der Waals surface area (Å²) in [5.41, 5.74) is 1.29. The van der Waals surface area contributed by atoms with E-state index in [1.54, 1.807) is 18.2 Å². The van der Waals surface area contributed by atoms with Crippen LogP contribution in [0, 0.1) is 5.92 Å². The number of amides is 3. The van der Waals surface area contributed by atoms with Gasteiger partial charge in [-0.2, -0.15) is 0 Å². The monoisotopic (exact) mass is 404 g/mol. The van der Waals surface area contributed by atoms with Crippen molar-refractivity contribution in [2.45, 2.75) is 25.7 Å². The number of urea groups is 1. The smallest absolute Gasteiger partial charge is 0.319 e. The van der Waals surface area contributed by atoms with Gasteiger partial charge in [0.1, 0.15) is 0 Å². The fourth-order valence-corrected chi connectivity index (χ4v) is 3.32. The molecule has 150 valence electrons. The lowest BCUT2D eigenvalue weighted by atomic mass is 10.2. The van der Waals surface area contributed by atoms with E-state index in [1.807, 2.05) is 13.8 Å². The molecule has 0 saturated heterocycles. The molecule has 0 aliphatic rings. The molecule has 0 radical (unpaired) electrons. The average Bonchev–Trinajstić information content (AvgIpc) is 2.60. The molecule has 0 aliphatic carbocycles. The van der Waals surface area contributed by atoms with Gasteiger partial charge < -0.3 is 16.0 Å². The van der Waals surface area contributed by atoms with Crippen LogP contribution in [0.25, 0.3) is 0 Å². The first-order valence-electron chi connectivity index (χ1n) is 8.71. The number of benzene rings is 2. The number of rotatable bonds is 7. The lowest BCUT2D eigenvalue weighted by Crippen LogP contribution is -2.31. The first-order valence-corrected chi connectivity index (χ1v) is 10.2. The maximum atomic E-state index is 12.5. The van der Waals surface area contributed by atoms with Gasteiger partial charge in [0.25, 0.3) is 10.0 Å². The van der Waals surface area contributed by atoms with Crippen molar-refractivity contribution in [3.8, 4) is 0 Å². The van der Waals surface area contributed by atoms with Crippen LogP contribution in [-0.2, 0) is 14.8 Å². The standard InChI is InChI=1S/C19H24N4O4S/c1-13(2)12-20-19(25)22-15-7-9-18(10-8-15)28(26,27)23-17-6-4-5-16(11-17)21-14(3)24/h4-11,13,23H,12H2,1-3H3,(H,21,24)(H2,20,22,25). The van der Waals surface area contributed by atoms with E-state index in [0.717, 1.165) is 0 Å². The Morgan fingerprint density at radius 3 is 2.18 bits per heavy atom. The van der Waals surface area contributed by atoms with E-state index in [4.69, 9.17) is 0 Å². The average molecular weight is 404 g/mol. The molecule has 3 amide bonds. The van der Waals surface area contributed by atoms with Gasteiger partial charge in [0.05, 0.1) is 10.6 Å². The summed E-state index contributed by atoms with van der Waals surface area (Å²) >= 11 is 0. The molecule has 0 fully saturated rings. The lowest BCUT2D eigenvalue weighted by Gasteiger charge is -2.11. The van der Waals surface area contributed by atoms with Crippen molar-refractivity contribution in [1.29, 1.82) is 0 Å². The summed E-state index contributed by atoms with van der Waals surface area (Å²) in [6, 6.07) is 11.9. The second kappa shape index (κ2) is 9.23. The molecule has 8 nitrogen and oxygen atoms in total. The Balaban J connectivity index is 2.06. The summed E-state index contributed by atoms with van der Waals surface area (Å²) < 4.78 is 27.6. The number of carbonyl (C=O) groups is 2. The number of sulfonamides is 1. The number of hydrogen-bond donors (Lipinski definition) is 4. The molecule has 0 atom stereocenters. The molecule has 28 heavy (non-hydrogen) atoms. The van der Waals surface area contributed by atoms with E-state index in [2.05, 4.69) is 20.7 Å². The number of anilines is 3. The molecule has 0 bridgehead atoms. The summed E-state index contributed by atoms with van der Waals surface area (Å²) in [5, 5.41) is 7.96. The van der Waals surface area contributed by atoms with Gasteiger partial charge in [0.2, 0.25) is 5.91 Å². The first-order chi connectivity index (χ1) is 13.2. The van der Waals surface area contributed by atoms with Gasteiger partial charge in [-0.05, 0) is 48.4 Å². The first kappa shape index (κ1) is 21.2. The summed E-state index contributed by atoms with van der Waals surface area (Å²) in [7, 11) is -3.82. The second-order valence-electron chi connectivity index (χ2n) is 6.62. The zero-order valence-corrected chi connectivity index (χ0v) is 16.8. The number of carbonyl (C=O) groups excluding carboxylic acids is 2. The predicted molar refractivity (Wildman–Crippen MR) is 110 cm³/mol.